The summed E-state index contributed by atoms with van der Waals surface area (Å²) in [5.41, 5.74) is 8.84. The van der Waals surface area contributed by atoms with Crippen molar-refractivity contribution in [3.05, 3.63) is 58.0 Å². The number of thiocarbonyl (C=S) groups is 1. The second kappa shape index (κ2) is 5.79. The molecule has 0 bridgehead atoms. The fourth-order valence-electron chi connectivity index (χ4n) is 2.32. The van der Waals surface area contributed by atoms with Gasteiger partial charge in [0.15, 0.2) is 0 Å². The Morgan fingerprint density at radius 2 is 2.00 bits per heavy atom. The lowest BCUT2D eigenvalue weighted by molar-refractivity contribution is 1.08. The van der Waals surface area contributed by atoms with Crippen LogP contribution in [-0.2, 0) is 6.54 Å². The van der Waals surface area contributed by atoms with Gasteiger partial charge in [0.1, 0.15) is 10.00 Å². The van der Waals surface area contributed by atoms with E-state index >= 15 is 0 Å². The molecule has 0 aliphatic carbocycles. The highest BCUT2D eigenvalue weighted by Gasteiger charge is 2.08. The van der Waals surface area contributed by atoms with Crippen molar-refractivity contribution in [2.45, 2.75) is 13.5 Å². The van der Waals surface area contributed by atoms with Gasteiger partial charge in [0.25, 0.3) is 0 Å². The molecule has 0 saturated heterocycles. The van der Waals surface area contributed by atoms with Crippen LogP contribution in [0.1, 0.15) is 16.3 Å². The standard InChI is InChI=1S/C16H15N3S2/c1-10-9-21-15(19-10)8-18-14-7-6-13(16(17)20)11-4-2-3-5-12(11)14/h2-7,9,18H,8H2,1H3,(H2,17,20). The Hall–Kier alpha value is -1.98. The molecule has 0 aliphatic heterocycles. The zero-order valence-corrected chi connectivity index (χ0v) is 13.2. The van der Waals surface area contributed by atoms with Crippen molar-refractivity contribution in [3.63, 3.8) is 0 Å². The first-order valence-corrected chi connectivity index (χ1v) is 7.90. The maximum atomic E-state index is 5.80. The Kier molecular flexibility index (Phi) is 3.86. The van der Waals surface area contributed by atoms with E-state index in [4.69, 9.17) is 18.0 Å². The highest BCUT2D eigenvalue weighted by molar-refractivity contribution is 7.80. The van der Waals surface area contributed by atoms with Gasteiger partial charge in [-0.2, -0.15) is 0 Å². The van der Waals surface area contributed by atoms with Crippen LogP contribution in [0.25, 0.3) is 10.8 Å². The first kappa shape index (κ1) is 14.0. The molecule has 1 aromatic heterocycles. The molecule has 0 saturated carbocycles. The number of aryl methyl sites for hydroxylation is 1. The number of nitrogens with zero attached hydrogens (tertiary/aromatic N) is 1. The van der Waals surface area contributed by atoms with E-state index in [2.05, 4.69) is 21.7 Å². The van der Waals surface area contributed by atoms with Crippen LogP contribution in [0.4, 0.5) is 5.69 Å². The van der Waals surface area contributed by atoms with Crippen LogP contribution in [0.15, 0.2) is 41.8 Å². The average Bonchev–Trinajstić information content (AvgIpc) is 2.90. The van der Waals surface area contributed by atoms with Crippen LogP contribution in [0.2, 0.25) is 0 Å². The maximum Gasteiger partial charge on any atom is 0.112 e. The number of hydrogen-bond acceptors (Lipinski definition) is 4. The fourth-order valence-corrected chi connectivity index (χ4v) is 3.21. The van der Waals surface area contributed by atoms with Gasteiger partial charge in [0.2, 0.25) is 0 Å². The SMILES string of the molecule is Cc1csc(CNc2ccc(C(N)=S)c3ccccc23)n1. The van der Waals surface area contributed by atoms with Gasteiger partial charge in [-0.25, -0.2) is 4.98 Å². The zero-order chi connectivity index (χ0) is 14.8. The first-order chi connectivity index (χ1) is 10.1. The molecule has 3 nitrogen and oxygen atoms in total. The topological polar surface area (TPSA) is 50.9 Å². The third-order valence-corrected chi connectivity index (χ3v) is 4.47. The second-order valence-corrected chi connectivity index (χ2v) is 6.19. The number of hydrogen-bond donors (Lipinski definition) is 2. The van der Waals surface area contributed by atoms with Crippen LogP contribution in [0.5, 0.6) is 0 Å². The Balaban J connectivity index is 1.96. The van der Waals surface area contributed by atoms with Crippen molar-refractivity contribution in [1.82, 2.24) is 4.98 Å². The van der Waals surface area contributed by atoms with Crippen molar-refractivity contribution >= 4 is 45.0 Å². The summed E-state index contributed by atoms with van der Waals surface area (Å²) in [6, 6.07) is 12.1. The molecule has 5 heteroatoms. The number of nitrogens with one attached hydrogen (secondary N) is 1. The van der Waals surface area contributed by atoms with Crippen LogP contribution < -0.4 is 11.1 Å². The van der Waals surface area contributed by atoms with Gasteiger partial charge >= 0.3 is 0 Å². The molecular formula is C16H15N3S2. The molecule has 2 aromatic carbocycles. The summed E-state index contributed by atoms with van der Waals surface area (Å²) < 4.78 is 0. The van der Waals surface area contributed by atoms with E-state index in [1.165, 1.54) is 0 Å². The van der Waals surface area contributed by atoms with Gasteiger partial charge in [-0.3, -0.25) is 0 Å². The minimum absolute atomic E-state index is 0.424. The molecule has 3 N–H and O–H groups in total. The van der Waals surface area contributed by atoms with Crippen LogP contribution in [0.3, 0.4) is 0 Å². The van der Waals surface area contributed by atoms with Gasteiger partial charge in [-0.15, -0.1) is 11.3 Å². The smallest absolute Gasteiger partial charge is 0.112 e. The normalized spacial score (nSPS) is 10.7. The molecule has 0 fully saturated rings. The van der Waals surface area contributed by atoms with E-state index in [1.54, 1.807) is 11.3 Å². The third kappa shape index (κ3) is 2.89. The van der Waals surface area contributed by atoms with Crippen molar-refractivity contribution in [3.8, 4) is 0 Å². The van der Waals surface area contributed by atoms with Crippen molar-refractivity contribution in [2.24, 2.45) is 5.73 Å². The lowest BCUT2D eigenvalue weighted by Crippen LogP contribution is -2.10. The van der Waals surface area contributed by atoms with E-state index in [9.17, 15) is 0 Å². The molecule has 0 unspecified atom stereocenters. The molecule has 0 aliphatic rings. The van der Waals surface area contributed by atoms with Crippen LogP contribution in [-0.4, -0.2) is 9.97 Å². The number of aromatic nitrogens is 1. The maximum absolute atomic E-state index is 5.80. The minimum atomic E-state index is 0.424. The van der Waals surface area contributed by atoms with Crippen molar-refractivity contribution in [2.75, 3.05) is 5.32 Å². The molecule has 0 atom stereocenters. The summed E-state index contributed by atoms with van der Waals surface area (Å²) in [5.74, 6) is 0. The Labute approximate surface area is 132 Å². The Bertz CT molecular complexity index is 808. The minimum Gasteiger partial charge on any atom is -0.389 e. The second-order valence-electron chi connectivity index (χ2n) is 4.81. The molecular weight excluding hydrogens is 298 g/mol. The first-order valence-electron chi connectivity index (χ1n) is 6.61. The number of rotatable bonds is 4. The van der Waals surface area contributed by atoms with Gasteiger partial charge < -0.3 is 11.1 Å². The Morgan fingerprint density at radius 1 is 1.24 bits per heavy atom. The van der Waals surface area contributed by atoms with E-state index in [-0.39, 0.29) is 0 Å². The summed E-state index contributed by atoms with van der Waals surface area (Å²) in [7, 11) is 0. The zero-order valence-electron chi connectivity index (χ0n) is 11.6. The quantitative estimate of drug-likeness (QED) is 0.718. The molecule has 3 rings (SSSR count). The highest BCUT2D eigenvalue weighted by Crippen LogP contribution is 2.27. The van der Waals surface area contributed by atoms with Crippen LogP contribution >= 0.6 is 23.6 Å². The Morgan fingerprint density at radius 3 is 2.67 bits per heavy atom. The summed E-state index contributed by atoms with van der Waals surface area (Å²) in [5, 5.41) is 8.78. The predicted octanol–water partition coefficient (Wildman–Crippen LogP) is 3.85. The molecule has 21 heavy (non-hydrogen) atoms. The molecule has 0 amide bonds. The highest BCUT2D eigenvalue weighted by atomic mass is 32.1. The molecule has 0 radical (unpaired) electrons. The summed E-state index contributed by atoms with van der Waals surface area (Å²) in [4.78, 5) is 4.89. The molecule has 0 spiro atoms. The van der Waals surface area contributed by atoms with Crippen LogP contribution in [0, 0.1) is 6.92 Å². The van der Waals surface area contributed by atoms with Gasteiger partial charge in [-0.1, -0.05) is 36.5 Å². The average molecular weight is 313 g/mol. The lowest BCUT2D eigenvalue weighted by Gasteiger charge is -2.11. The molecule has 3 aromatic rings. The van der Waals surface area contributed by atoms with Gasteiger partial charge in [-0.05, 0) is 24.4 Å². The van der Waals surface area contributed by atoms with E-state index in [0.29, 0.717) is 4.99 Å². The predicted molar refractivity (Wildman–Crippen MR) is 94.0 cm³/mol. The largest absolute Gasteiger partial charge is 0.389 e. The van der Waals surface area contributed by atoms with Crippen molar-refractivity contribution < 1.29 is 0 Å². The van der Waals surface area contributed by atoms with E-state index in [0.717, 1.165) is 39.3 Å². The number of nitrogens with two attached hydrogens (primary N) is 1. The fraction of sp³-hybridized carbons (Fsp3) is 0.125. The number of fused-ring (bicyclic) bond motifs is 1. The number of benzene rings is 2. The summed E-state index contributed by atoms with van der Waals surface area (Å²) in [6.07, 6.45) is 0. The van der Waals surface area contributed by atoms with Crippen molar-refractivity contribution in [1.29, 1.82) is 0 Å². The summed E-state index contributed by atoms with van der Waals surface area (Å²) in [6.45, 7) is 2.72. The molecule has 106 valence electrons. The number of thiazole rings is 1. The van der Waals surface area contributed by atoms with Gasteiger partial charge in [0, 0.05) is 27.7 Å². The lowest BCUT2D eigenvalue weighted by atomic mass is 10.0. The van der Waals surface area contributed by atoms with Gasteiger partial charge in [0.05, 0.1) is 6.54 Å². The number of anilines is 1. The third-order valence-electron chi connectivity index (χ3n) is 3.29. The monoisotopic (exact) mass is 313 g/mol. The summed E-state index contributed by atoms with van der Waals surface area (Å²) >= 11 is 6.79. The van der Waals surface area contributed by atoms with E-state index < -0.39 is 0 Å². The van der Waals surface area contributed by atoms with E-state index in [1.807, 2.05) is 37.3 Å². The molecule has 1 heterocycles.